The molecule has 132 valence electrons. The van der Waals surface area contributed by atoms with E-state index in [0.717, 1.165) is 23.2 Å². The van der Waals surface area contributed by atoms with Crippen molar-refractivity contribution < 1.29 is 14.3 Å². The predicted octanol–water partition coefficient (Wildman–Crippen LogP) is 4.99. The summed E-state index contributed by atoms with van der Waals surface area (Å²) in [5.74, 6) is 0.929. The lowest BCUT2D eigenvalue weighted by molar-refractivity contribution is -0.103. The number of ether oxygens (including phenoxy) is 2. The molecule has 0 aliphatic carbocycles. The molecule has 0 fully saturated rings. The van der Waals surface area contributed by atoms with Crippen LogP contribution >= 0.6 is 0 Å². The van der Waals surface area contributed by atoms with Crippen LogP contribution in [0, 0.1) is 34.6 Å². The van der Waals surface area contributed by atoms with E-state index >= 15 is 0 Å². The Bertz CT molecular complexity index is 787. The highest BCUT2D eigenvalue weighted by molar-refractivity contribution is 6.07. The predicted molar refractivity (Wildman–Crippen MR) is 102 cm³/mol. The van der Waals surface area contributed by atoms with E-state index in [2.05, 4.69) is 34.6 Å². The van der Waals surface area contributed by atoms with Crippen LogP contribution in [0.25, 0.3) is 5.57 Å². The topological polar surface area (TPSA) is 35.5 Å². The number of carbonyl (C=O) groups is 1. The van der Waals surface area contributed by atoms with E-state index in [1.54, 1.807) is 0 Å². The molecule has 0 amide bonds. The zero-order valence-corrected chi connectivity index (χ0v) is 15.9. The van der Waals surface area contributed by atoms with Crippen molar-refractivity contribution in [2.75, 3.05) is 7.11 Å². The van der Waals surface area contributed by atoms with Crippen molar-refractivity contribution in [1.29, 1.82) is 0 Å². The summed E-state index contributed by atoms with van der Waals surface area (Å²) in [5.41, 5.74) is 8.46. The van der Waals surface area contributed by atoms with Gasteiger partial charge < -0.3 is 9.47 Å². The molecule has 2 rings (SSSR count). The van der Waals surface area contributed by atoms with E-state index in [0.29, 0.717) is 12.2 Å². The zero-order valence-electron chi connectivity index (χ0n) is 15.9. The molecule has 0 saturated carbocycles. The van der Waals surface area contributed by atoms with Crippen molar-refractivity contribution in [3.63, 3.8) is 0 Å². The van der Waals surface area contributed by atoms with Crippen molar-refractivity contribution >= 4 is 11.9 Å². The lowest BCUT2D eigenvalue weighted by Crippen LogP contribution is -2.05. The number of allylic oxidation sites excluding steroid dienone is 1. The molecular formula is C22H26O3. The fourth-order valence-corrected chi connectivity index (χ4v) is 3.04. The van der Waals surface area contributed by atoms with Crippen LogP contribution in [0.4, 0.5) is 0 Å². The number of benzene rings is 2. The Hall–Kier alpha value is -2.55. The average Bonchev–Trinajstić information content (AvgIpc) is 2.63. The molecule has 2 aromatic rings. The molecule has 0 aliphatic rings. The Kier molecular flexibility index (Phi) is 6.02. The molecule has 2 aromatic carbocycles. The zero-order chi connectivity index (χ0) is 18.6. The Balaban J connectivity index is 2.39. The van der Waals surface area contributed by atoms with E-state index in [-0.39, 0.29) is 0 Å². The number of hydrogen-bond acceptors (Lipinski definition) is 3. The highest BCUT2D eigenvalue weighted by Crippen LogP contribution is 2.33. The first kappa shape index (κ1) is 18.8. The Morgan fingerprint density at radius 2 is 1.48 bits per heavy atom. The normalized spacial score (nSPS) is 11.4. The third-order valence-electron chi connectivity index (χ3n) is 5.00. The smallest absolute Gasteiger partial charge is 0.153 e. The molecule has 0 saturated heterocycles. The van der Waals surface area contributed by atoms with E-state index in [4.69, 9.17) is 9.47 Å². The molecule has 0 bridgehead atoms. The first-order valence-electron chi connectivity index (χ1n) is 8.38. The van der Waals surface area contributed by atoms with Gasteiger partial charge in [-0.1, -0.05) is 24.3 Å². The number of hydrogen-bond donors (Lipinski definition) is 0. The van der Waals surface area contributed by atoms with Gasteiger partial charge in [-0.15, -0.1) is 0 Å². The minimum Gasteiger partial charge on any atom is -0.504 e. The standard InChI is InChI=1S/C22H26O3/c1-14-15(2)17(4)22(18(5)16(14)3)25-13-19-9-7-8-10-21(19)20(11-23)12-24-6/h7-12H,13H2,1-6H3/b20-12-. The van der Waals surface area contributed by atoms with Gasteiger partial charge >= 0.3 is 0 Å². The van der Waals surface area contributed by atoms with Gasteiger partial charge in [0.15, 0.2) is 6.29 Å². The molecule has 0 unspecified atom stereocenters. The van der Waals surface area contributed by atoms with Crippen LogP contribution < -0.4 is 4.74 Å². The minimum absolute atomic E-state index is 0.398. The summed E-state index contributed by atoms with van der Waals surface area (Å²) in [7, 11) is 1.53. The van der Waals surface area contributed by atoms with Gasteiger partial charge in [0, 0.05) is 0 Å². The maximum absolute atomic E-state index is 11.4. The molecule has 3 heteroatoms. The van der Waals surface area contributed by atoms with Crippen molar-refractivity contribution in [3.05, 3.63) is 69.5 Å². The van der Waals surface area contributed by atoms with Gasteiger partial charge in [-0.25, -0.2) is 0 Å². The van der Waals surface area contributed by atoms with Gasteiger partial charge in [-0.2, -0.15) is 0 Å². The fourth-order valence-electron chi connectivity index (χ4n) is 3.04. The van der Waals surface area contributed by atoms with Gasteiger partial charge in [-0.3, -0.25) is 4.79 Å². The summed E-state index contributed by atoms with van der Waals surface area (Å²) in [6.07, 6.45) is 2.27. The van der Waals surface area contributed by atoms with Crippen LogP contribution in [0.15, 0.2) is 30.5 Å². The van der Waals surface area contributed by atoms with Gasteiger partial charge in [0.1, 0.15) is 12.4 Å². The lowest BCUT2D eigenvalue weighted by atomic mass is 9.94. The van der Waals surface area contributed by atoms with E-state index < -0.39 is 0 Å². The summed E-state index contributed by atoms with van der Waals surface area (Å²) in [6, 6.07) is 7.73. The Morgan fingerprint density at radius 3 is 2.04 bits per heavy atom. The van der Waals surface area contributed by atoms with E-state index in [9.17, 15) is 4.79 Å². The minimum atomic E-state index is 0.398. The van der Waals surface area contributed by atoms with Gasteiger partial charge in [-0.05, 0) is 73.6 Å². The number of rotatable bonds is 6. The van der Waals surface area contributed by atoms with Crippen LogP contribution in [-0.4, -0.2) is 13.4 Å². The largest absolute Gasteiger partial charge is 0.504 e. The quantitative estimate of drug-likeness (QED) is 0.423. The SMILES string of the molecule is CO/C=C(/C=O)c1ccccc1COc1c(C)c(C)c(C)c(C)c1C. The van der Waals surface area contributed by atoms with Crippen LogP contribution in [0.1, 0.15) is 38.9 Å². The highest BCUT2D eigenvalue weighted by Gasteiger charge is 2.15. The van der Waals surface area contributed by atoms with Crippen molar-refractivity contribution in [3.8, 4) is 5.75 Å². The monoisotopic (exact) mass is 338 g/mol. The number of methoxy groups -OCH3 is 1. The Labute approximate surface area is 150 Å². The Morgan fingerprint density at radius 1 is 0.920 bits per heavy atom. The second-order valence-corrected chi connectivity index (χ2v) is 6.33. The van der Waals surface area contributed by atoms with Crippen LogP contribution in [0.2, 0.25) is 0 Å². The summed E-state index contributed by atoms with van der Waals surface area (Å²) >= 11 is 0. The second-order valence-electron chi connectivity index (χ2n) is 6.33. The van der Waals surface area contributed by atoms with Gasteiger partial charge in [0.2, 0.25) is 0 Å². The summed E-state index contributed by atoms with van der Waals surface area (Å²) < 4.78 is 11.2. The first-order valence-corrected chi connectivity index (χ1v) is 8.38. The van der Waals surface area contributed by atoms with Crippen molar-refractivity contribution in [2.24, 2.45) is 0 Å². The maximum atomic E-state index is 11.4. The van der Waals surface area contributed by atoms with Crippen molar-refractivity contribution in [1.82, 2.24) is 0 Å². The summed E-state index contributed by atoms with van der Waals surface area (Å²) in [6.45, 7) is 11.0. The molecule has 0 spiro atoms. The summed E-state index contributed by atoms with van der Waals surface area (Å²) in [4.78, 5) is 11.4. The number of carbonyl (C=O) groups excluding carboxylic acids is 1. The lowest BCUT2D eigenvalue weighted by Gasteiger charge is -2.20. The van der Waals surface area contributed by atoms with Crippen LogP contribution in [-0.2, 0) is 16.1 Å². The second kappa shape index (κ2) is 8.02. The average molecular weight is 338 g/mol. The van der Waals surface area contributed by atoms with Crippen molar-refractivity contribution in [2.45, 2.75) is 41.2 Å². The fraction of sp³-hybridized carbons (Fsp3) is 0.318. The molecule has 0 aliphatic heterocycles. The van der Waals surface area contributed by atoms with Gasteiger partial charge in [0.05, 0.1) is 18.9 Å². The van der Waals surface area contributed by atoms with Gasteiger partial charge in [0.25, 0.3) is 0 Å². The third-order valence-corrected chi connectivity index (χ3v) is 5.00. The molecule has 0 radical (unpaired) electrons. The molecule has 0 aromatic heterocycles. The maximum Gasteiger partial charge on any atom is 0.153 e. The van der Waals surface area contributed by atoms with E-state index in [1.807, 2.05) is 24.3 Å². The van der Waals surface area contributed by atoms with Crippen LogP contribution in [0.5, 0.6) is 5.75 Å². The molecular weight excluding hydrogens is 312 g/mol. The summed E-state index contributed by atoms with van der Waals surface area (Å²) in [5, 5.41) is 0. The molecule has 3 nitrogen and oxygen atoms in total. The third kappa shape index (κ3) is 3.76. The highest BCUT2D eigenvalue weighted by atomic mass is 16.5. The van der Waals surface area contributed by atoms with E-state index in [1.165, 1.54) is 41.2 Å². The number of aldehydes is 1. The van der Waals surface area contributed by atoms with Crippen LogP contribution in [0.3, 0.4) is 0 Å². The molecule has 0 heterocycles. The molecule has 0 N–H and O–H groups in total. The molecule has 25 heavy (non-hydrogen) atoms. The molecule has 0 atom stereocenters. The first-order chi connectivity index (χ1) is 11.9.